The van der Waals surface area contributed by atoms with Gasteiger partial charge in [0, 0.05) is 33.0 Å². The molecular formula is C63H67NO. The predicted octanol–water partition coefficient (Wildman–Crippen LogP) is 18.4. The highest BCUT2D eigenvalue weighted by Gasteiger charge is 2.40. The molecule has 1 heterocycles. The molecule has 65 heavy (non-hydrogen) atoms. The van der Waals surface area contributed by atoms with Crippen LogP contribution >= 0.6 is 0 Å². The molecule has 0 saturated carbocycles. The van der Waals surface area contributed by atoms with Crippen LogP contribution in [0.1, 0.15) is 154 Å². The van der Waals surface area contributed by atoms with Gasteiger partial charge in [-0.25, -0.2) is 0 Å². The number of nitrogens with zero attached hydrogens (tertiary/aromatic N) is 1. The Morgan fingerprint density at radius 3 is 1.65 bits per heavy atom. The standard InChI is InChI=1S/C63H67NO/c1-37(2)44-21-18-22-47-49-32-39(38-30-40(59(3,4)5)34-41(31-38)60(6,7)8)33-55(58(49)65-57(44)47)64(42-26-28-46-45-20-16-17-23-50(45)62(12,13)53(46)35-42)43-27-29-48-54(36-43)63(14,15)52-25-19-24-51(56(48)52)61(9,10)11/h16-37H,1-15H3. The summed E-state index contributed by atoms with van der Waals surface area (Å²) >= 11 is 0. The van der Waals surface area contributed by atoms with Gasteiger partial charge in [-0.05, 0) is 136 Å². The van der Waals surface area contributed by atoms with Gasteiger partial charge in [-0.2, -0.15) is 0 Å². The van der Waals surface area contributed by atoms with E-state index in [0.717, 1.165) is 39.0 Å². The first-order valence-electron chi connectivity index (χ1n) is 24.0. The molecule has 330 valence electrons. The monoisotopic (exact) mass is 854 g/mol. The number of para-hydroxylation sites is 1. The van der Waals surface area contributed by atoms with E-state index in [4.69, 9.17) is 4.42 Å². The number of hydrogen-bond acceptors (Lipinski definition) is 2. The van der Waals surface area contributed by atoms with Crippen LogP contribution in [0, 0.1) is 0 Å². The summed E-state index contributed by atoms with van der Waals surface area (Å²) in [5.41, 5.74) is 23.3. The van der Waals surface area contributed by atoms with Gasteiger partial charge in [-0.15, -0.1) is 0 Å². The first-order valence-corrected chi connectivity index (χ1v) is 24.0. The van der Waals surface area contributed by atoms with Gasteiger partial charge in [0.2, 0.25) is 0 Å². The topological polar surface area (TPSA) is 16.4 Å². The molecule has 2 aliphatic carbocycles. The molecule has 0 aliphatic heterocycles. The summed E-state index contributed by atoms with van der Waals surface area (Å²) in [5, 5.41) is 2.29. The maximum atomic E-state index is 7.33. The molecule has 0 N–H and O–H groups in total. The quantitative estimate of drug-likeness (QED) is 0.171. The van der Waals surface area contributed by atoms with E-state index in [1.54, 1.807) is 0 Å². The van der Waals surface area contributed by atoms with Gasteiger partial charge in [0.1, 0.15) is 5.58 Å². The van der Waals surface area contributed by atoms with Crippen molar-refractivity contribution >= 4 is 39.0 Å². The summed E-state index contributed by atoms with van der Waals surface area (Å²) in [6.07, 6.45) is 0. The Labute approximate surface area is 388 Å². The van der Waals surface area contributed by atoms with E-state index >= 15 is 0 Å². The van der Waals surface area contributed by atoms with Gasteiger partial charge in [0.05, 0.1) is 5.69 Å². The van der Waals surface area contributed by atoms with Crippen molar-refractivity contribution < 1.29 is 4.42 Å². The fourth-order valence-corrected chi connectivity index (χ4v) is 11.1. The Hall–Kier alpha value is -5.86. The Kier molecular flexibility index (Phi) is 9.48. The van der Waals surface area contributed by atoms with Crippen LogP contribution < -0.4 is 4.90 Å². The van der Waals surface area contributed by atoms with Gasteiger partial charge in [-0.3, -0.25) is 0 Å². The van der Waals surface area contributed by atoms with Crippen molar-refractivity contribution in [2.24, 2.45) is 0 Å². The lowest BCUT2D eigenvalue weighted by Gasteiger charge is -2.30. The molecule has 0 radical (unpaired) electrons. The van der Waals surface area contributed by atoms with Crippen molar-refractivity contribution in [2.45, 2.75) is 137 Å². The number of hydrogen-bond donors (Lipinski definition) is 0. The van der Waals surface area contributed by atoms with Crippen molar-refractivity contribution in [3.8, 4) is 33.4 Å². The molecular weight excluding hydrogens is 787 g/mol. The summed E-state index contributed by atoms with van der Waals surface area (Å²) in [4.78, 5) is 2.52. The predicted molar refractivity (Wildman–Crippen MR) is 279 cm³/mol. The smallest absolute Gasteiger partial charge is 0.159 e. The van der Waals surface area contributed by atoms with E-state index in [2.05, 4.69) is 236 Å². The van der Waals surface area contributed by atoms with Gasteiger partial charge in [-0.1, -0.05) is 195 Å². The first-order chi connectivity index (χ1) is 30.5. The Balaban J connectivity index is 1.31. The third-order valence-corrected chi connectivity index (χ3v) is 15.0. The number of benzene rings is 7. The second-order valence-electron chi connectivity index (χ2n) is 23.7. The average molecular weight is 854 g/mol. The normalized spacial score (nSPS) is 15.1. The summed E-state index contributed by atoms with van der Waals surface area (Å²) in [7, 11) is 0. The fraction of sp³-hybridized carbons (Fsp3) is 0.333. The highest BCUT2D eigenvalue weighted by molar-refractivity contribution is 6.13. The van der Waals surface area contributed by atoms with Gasteiger partial charge in [0.15, 0.2) is 5.58 Å². The van der Waals surface area contributed by atoms with E-state index in [1.807, 2.05) is 0 Å². The first kappa shape index (κ1) is 43.1. The minimum absolute atomic E-state index is 0.00185. The zero-order chi connectivity index (χ0) is 46.3. The maximum absolute atomic E-state index is 7.33. The maximum Gasteiger partial charge on any atom is 0.159 e. The van der Waals surface area contributed by atoms with Gasteiger partial charge < -0.3 is 9.32 Å². The van der Waals surface area contributed by atoms with Crippen LogP contribution in [0.4, 0.5) is 17.1 Å². The minimum atomic E-state index is -0.200. The molecule has 0 atom stereocenters. The van der Waals surface area contributed by atoms with Crippen molar-refractivity contribution in [3.63, 3.8) is 0 Å². The third kappa shape index (κ3) is 6.72. The molecule has 10 rings (SSSR count). The van der Waals surface area contributed by atoms with E-state index in [1.165, 1.54) is 77.9 Å². The molecule has 7 aromatic carbocycles. The number of fused-ring (bicyclic) bond motifs is 9. The molecule has 0 amide bonds. The zero-order valence-electron chi connectivity index (χ0n) is 41.6. The summed E-state index contributed by atoms with van der Waals surface area (Å²) in [5.74, 6) is 0.301. The highest BCUT2D eigenvalue weighted by atomic mass is 16.3. The fourth-order valence-electron chi connectivity index (χ4n) is 11.1. The lowest BCUT2D eigenvalue weighted by atomic mass is 9.78. The highest BCUT2D eigenvalue weighted by Crippen LogP contribution is 2.56. The lowest BCUT2D eigenvalue weighted by molar-refractivity contribution is 0.569. The Morgan fingerprint density at radius 2 is 1.02 bits per heavy atom. The molecule has 2 nitrogen and oxygen atoms in total. The van der Waals surface area contributed by atoms with Crippen LogP contribution in [0.25, 0.3) is 55.3 Å². The summed E-state index contributed by atoms with van der Waals surface area (Å²) in [6, 6.07) is 49.2. The van der Waals surface area contributed by atoms with E-state index in [9.17, 15) is 0 Å². The largest absolute Gasteiger partial charge is 0.454 e. The van der Waals surface area contributed by atoms with E-state index < -0.39 is 0 Å². The van der Waals surface area contributed by atoms with Crippen LogP contribution in [0.5, 0.6) is 0 Å². The summed E-state index contributed by atoms with van der Waals surface area (Å²) in [6.45, 7) is 35.1. The van der Waals surface area contributed by atoms with Crippen molar-refractivity contribution in [3.05, 3.63) is 172 Å². The van der Waals surface area contributed by atoms with Crippen LogP contribution in [0.3, 0.4) is 0 Å². The average Bonchev–Trinajstić information content (AvgIpc) is 3.82. The van der Waals surface area contributed by atoms with Crippen LogP contribution in [0.15, 0.2) is 132 Å². The molecule has 0 fully saturated rings. The van der Waals surface area contributed by atoms with Gasteiger partial charge in [0.25, 0.3) is 0 Å². The van der Waals surface area contributed by atoms with Crippen molar-refractivity contribution in [1.29, 1.82) is 0 Å². The van der Waals surface area contributed by atoms with E-state index in [0.29, 0.717) is 5.92 Å². The van der Waals surface area contributed by atoms with Crippen LogP contribution in [0.2, 0.25) is 0 Å². The minimum Gasteiger partial charge on any atom is -0.454 e. The number of furan rings is 1. The molecule has 2 heteroatoms. The lowest BCUT2D eigenvalue weighted by Crippen LogP contribution is -2.18. The molecule has 0 saturated heterocycles. The molecule has 8 aromatic rings. The number of anilines is 3. The van der Waals surface area contributed by atoms with Crippen molar-refractivity contribution in [2.75, 3.05) is 4.90 Å². The van der Waals surface area contributed by atoms with Crippen LogP contribution in [-0.4, -0.2) is 0 Å². The Morgan fingerprint density at radius 1 is 0.462 bits per heavy atom. The second-order valence-corrected chi connectivity index (χ2v) is 23.7. The van der Waals surface area contributed by atoms with E-state index in [-0.39, 0.29) is 27.1 Å². The summed E-state index contributed by atoms with van der Waals surface area (Å²) < 4.78 is 7.33. The molecule has 0 unspecified atom stereocenters. The van der Waals surface area contributed by atoms with Crippen molar-refractivity contribution in [1.82, 2.24) is 0 Å². The Bertz CT molecular complexity index is 3200. The number of rotatable bonds is 5. The molecule has 2 aliphatic rings. The van der Waals surface area contributed by atoms with Gasteiger partial charge >= 0.3 is 0 Å². The third-order valence-electron chi connectivity index (χ3n) is 15.0. The second kappa shape index (κ2) is 14.3. The van der Waals surface area contributed by atoms with Crippen LogP contribution in [-0.2, 0) is 27.1 Å². The molecule has 0 bridgehead atoms. The molecule has 0 spiro atoms. The zero-order valence-corrected chi connectivity index (χ0v) is 41.6. The molecule has 1 aromatic heterocycles. The SMILES string of the molecule is CC(C)c1cccc2c1oc1c(N(c3ccc4c(c3)C(C)(C)c3ccccc3-4)c3ccc4c(c3)C(C)(C)c3cccc(C(C)(C)C)c3-4)cc(-c3cc(C(C)(C)C)cc(C(C)(C)C)c3)cc12.